The van der Waals surface area contributed by atoms with Gasteiger partial charge in [0.15, 0.2) is 0 Å². The molecule has 1 aromatic rings. The molecule has 1 aromatic carbocycles. The summed E-state index contributed by atoms with van der Waals surface area (Å²) in [5, 5.41) is 12.9. The molecule has 21 heavy (non-hydrogen) atoms. The quantitative estimate of drug-likeness (QED) is 0.616. The first-order chi connectivity index (χ1) is 10.2. The van der Waals surface area contributed by atoms with E-state index in [1.54, 1.807) is 0 Å². The molecule has 1 unspecified atom stereocenters. The van der Waals surface area contributed by atoms with Crippen molar-refractivity contribution in [2.75, 3.05) is 39.3 Å². The van der Waals surface area contributed by atoms with E-state index in [1.165, 1.54) is 5.56 Å². The van der Waals surface area contributed by atoms with Crippen LogP contribution >= 0.6 is 0 Å². The fourth-order valence-corrected chi connectivity index (χ4v) is 2.85. The van der Waals surface area contributed by atoms with Crippen LogP contribution in [0.4, 0.5) is 0 Å². The van der Waals surface area contributed by atoms with Crippen LogP contribution in [0.2, 0.25) is 0 Å². The fraction of sp³-hybridized carbons (Fsp3) is 0.667. The van der Waals surface area contributed by atoms with Crippen molar-refractivity contribution in [3.63, 3.8) is 0 Å². The van der Waals surface area contributed by atoms with E-state index in [1.807, 2.05) is 0 Å². The van der Waals surface area contributed by atoms with E-state index in [-0.39, 0.29) is 12.0 Å². The molecule has 120 valence electrons. The zero-order valence-corrected chi connectivity index (χ0v) is 13.9. The van der Waals surface area contributed by atoms with Gasteiger partial charge in [0.25, 0.3) is 0 Å². The van der Waals surface area contributed by atoms with Crippen LogP contribution in [-0.2, 0) is 5.41 Å². The Morgan fingerprint density at radius 1 is 1.10 bits per heavy atom. The Balaban J connectivity index is 2.84. The summed E-state index contributed by atoms with van der Waals surface area (Å²) >= 11 is 0. The van der Waals surface area contributed by atoms with Crippen LogP contribution in [0, 0.1) is 0 Å². The zero-order valence-electron chi connectivity index (χ0n) is 13.9. The van der Waals surface area contributed by atoms with E-state index in [0.29, 0.717) is 0 Å². The lowest BCUT2D eigenvalue weighted by molar-refractivity contribution is 0.165. The maximum Gasteiger partial charge on any atom is 0.0558 e. The van der Waals surface area contributed by atoms with E-state index in [0.717, 1.165) is 45.6 Å². The largest absolute Gasteiger partial charge is 0.395 e. The SMILES string of the molecule is CCCNCC(C)(CN(CCC)CCO)c1ccccc1. The molecule has 3 nitrogen and oxygen atoms in total. The van der Waals surface area contributed by atoms with Crippen molar-refractivity contribution < 1.29 is 5.11 Å². The first kappa shape index (κ1) is 18.1. The lowest BCUT2D eigenvalue weighted by Gasteiger charge is -2.36. The van der Waals surface area contributed by atoms with Gasteiger partial charge in [-0.25, -0.2) is 0 Å². The number of nitrogens with one attached hydrogen (secondary N) is 1. The third kappa shape index (κ3) is 6.16. The van der Waals surface area contributed by atoms with Crippen LogP contribution in [-0.4, -0.2) is 49.3 Å². The summed E-state index contributed by atoms with van der Waals surface area (Å²) in [6.45, 7) is 11.7. The Kier molecular flexibility index (Phi) is 8.58. The van der Waals surface area contributed by atoms with Crippen molar-refractivity contribution in [1.29, 1.82) is 0 Å². The lowest BCUT2D eigenvalue weighted by Crippen LogP contribution is -2.46. The van der Waals surface area contributed by atoms with Crippen molar-refractivity contribution in [3.05, 3.63) is 35.9 Å². The van der Waals surface area contributed by atoms with Gasteiger partial charge in [0.2, 0.25) is 0 Å². The molecule has 0 saturated carbocycles. The molecule has 0 aromatic heterocycles. The van der Waals surface area contributed by atoms with Gasteiger partial charge >= 0.3 is 0 Å². The van der Waals surface area contributed by atoms with Crippen molar-refractivity contribution in [1.82, 2.24) is 10.2 Å². The van der Waals surface area contributed by atoms with Crippen LogP contribution in [0.15, 0.2) is 30.3 Å². The van der Waals surface area contributed by atoms with Gasteiger partial charge in [-0.1, -0.05) is 51.1 Å². The Labute approximate surface area is 130 Å². The van der Waals surface area contributed by atoms with E-state index in [2.05, 4.69) is 61.3 Å². The van der Waals surface area contributed by atoms with Crippen molar-refractivity contribution in [3.8, 4) is 0 Å². The number of rotatable bonds is 11. The molecular formula is C18H32N2O. The van der Waals surface area contributed by atoms with Gasteiger partial charge in [-0.2, -0.15) is 0 Å². The standard InChI is InChI=1S/C18H32N2O/c1-4-11-19-15-18(3,17-9-7-6-8-10-17)16-20(12-5-2)13-14-21/h6-10,19,21H,4-5,11-16H2,1-3H3. The summed E-state index contributed by atoms with van der Waals surface area (Å²) in [7, 11) is 0. The third-order valence-electron chi connectivity index (χ3n) is 3.94. The maximum absolute atomic E-state index is 9.29. The zero-order chi connectivity index (χ0) is 15.6. The van der Waals surface area contributed by atoms with E-state index in [4.69, 9.17) is 0 Å². The van der Waals surface area contributed by atoms with Gasteiger partial charge in [-0.05, 0) is 31.5 Å². The Morgan fingerprint density at radius 3 is 2.38 bits per heavy atom. The molecule has 3 heteroatoms. The highest BCUT2D eigenvalue weighted by Gasteiger charge is 2.28. The number of aliphatic hydroxyl groups excluding tert-OH is 1. The number of benzene rings is 1. The number of hydrogen-bond acceptors (Lipinski definition) is 3. The Hall–Kier alpha value is -0.900. The minimum atomic E-state index is 0.0702. The lowest BCUT2D eigenvalue weighted by atomic mass is 9.81. The first-order valence-corrected chi connectivity index (χ1v) is 8.25. The van der Waals surface area contributed by atoms with Crippen LogP contribution in [0.1, 0.15) is 39.2 Å². The highest BCUT2D eigenvalue weighted by atomic mass is 16.3. The highest BCUT2D eigenvalue weighted by Crippen LogP contribution is 2.24. The number of nitrogens with zero attached hydrogens (tertiary/aromatic N) is 1. The molecule has 0 bridgehead atoms. The predicted octanol–water partition coefficient (Wildman–Crippen LogP) is 2.65. The third-order valence-corrected chi connectivity index (χ3v) is 3.94. The second-order valence-corrected chi connectivity index (χ2v) is 6.10. The molecule has 1 atom stereocenters. The molecular weight excluding hydrogens is 260 g/mol. The second-order valence-electron chi connectivity index (χ2n) is 6.10. The molecule has 0 amide bonds. The monoisotopic (exact) mass is 292 g/mol. The van der Waals surface area contributed by atoms with Crippen LogP contribution in [0.5, 0.6) is 0 Å². The van der Waals surface area contributed by atoms with E-state index < -0.39 is 0 Å². The smallest absolute Gasteiger partial charge is 0.0558 e. The molecule has 1 rings (SSSR count). The summed E-state index contributed by atoms with van der Waals surface area (Å²) in [5.74, 6) is 0. The van der Waals surface area contributed by atoms with Gasteiger partial charge in [-0.3, -0.25) is 0 Å². The Bertz CT molecular complexity index is 363. The van der Waals surface area contributed by atoms with Gasteiger partial charge in [0, 0.05) is 25.0 Å². The summed E-state index contributed by atoms with van der Waals surface area (Å²) in [5.41, 5.74) is 1.44. The van der Waals surface area contributed by atoms with E-state index in [9.17, 15) is 5.11 Å². The van der Waals surface area contributed by atoms with Crippen molar-refractivity contribution in [2.24, 2.45) is 0 Å². The minimum Gasteiger partial charge on any atom is -0.395 e. The summed E-state index contributed by atoms with van der Waals surface area (Å²) in [6.07, 6.45) is 2.27. The predicted molar refractivity (Wildman–Crippen MR) is 90.8 cm³/mol. The topological polar surface area (TPSA) is 35.5 Å². The minimum absolute atomic E-state index is 0.0702. The average Bonchev–Trinajstić information content (AvgIpc) is 2.49. The van der Waals surface area contributed by atoms with Crippen LogP contribution in [0.25, 0.3) is 0 Å². The highest BCUT2D eigenvalue weighted by molar-refractivity contribution is 5.25. The van der Waals surface area contributed by atoms with Crippen molar-refractivity contribution in [2.45, 2.75) is 39.0 Å². The maximum atomic E-state index is 9.29. The molecule has 2 N–H and O–H groups in total. The first-order valence-electron chi connectivity index (χ1n) is 8.25. The number of aliphatic hydroxyl groups is 1. The number of hydrogen-bond donors (Lipinski definition) is 2. The van der Waals surface area contributed by atoms with Gasteiger partial charge in [-0.15, -0.1) is 0 Å². The molecule has 0 saturated heterocycles. The molecule has 0 aliphatic heterocycles. The molecule has 0 aliphatic rings. The van der Waals surface area contributed by atoms with Crippen molar-refractivity contribution >= 4 is 0 Å². The van der Waals surface area contributed by atoms with Gasteiger partial charge in [0.1, 0.15) is 0 Å². The van der Waals surface area contributed by atoms with Gasteiger partial charge in [0.05, 0.1) is 6.61 Å². The molecule has 0 spiro atoms. The van der Waals surface area contributed by atoms with Gasteiger partial charge < -0.3 is 15.3 Å². The fourth-order valence-electron chi connectivity index (χ4n) is 2.85. The second kappa shape index (κ2) is 9.93. The normalized spacial score (nSPS) is 14.3. The van der Waals surface area contributed by atoms with E-state index >= 15 is 0 Å². The average molecular weight is 292 g/mol. The van der Waals surface area contributed by atoms with Crippen LogP contribution in [0.3, 0.4) is 0 Å². The summed E-state index contributed by atoms with van der Waals surface area (Å²) < 4.78 is 0. The molecule has 0 fully saturated rings. The molecule has 0 heterocycles. The summed E-state index contributed by atoms with van der Waals surface area (Å²) in [6, 6.07) is 10.7. The van der Waals surface area contributed by atoms with Crippen LogP contribution < -0.4 is 5.32 Å². The Morgan fingerprint density at radius 2 is 1.81 bits per heavy atom. The molecule has 0 radical (unpaired) electrons. The summed E-state index contributed by atoms with van der Waals surface area (Å²) in [4.78, 5) is 2.38. The molecule has 0 aliphatic carbocycles.